The molecule has 1 aliphatic heterocycles. The van der Waals surface area contributed by atoms with Crippen LogP contribution in [0.5, 0.6) is 0 Å². The zero-order valence-corrected chi connectivity index (χ0v) is 16.4. The molecule has 1 N–H and O–H groups in total. The SMILES string of the molecule is Cc1cccc(-n2c(=S)n(C[NH+]3C[C@@H](C)O[C@@H](C)C3)c3ccccc32)c1. The van der Waals surface area contributed by atoms with Gasteiger partial charge in [0, 0.05) is 5.69 Å². The van der Waals surface area contributed by atoms with E-state index in [1.807, 2.05) is 0 Å². The molecule has 136 valence electrons. The Balaban J connectivity index is 1.81. The molecule has 5 heteroatoms. The van der Waals surface area contributed by atoms with Crippen molar-refractivity contribution in [1.29, 1.82) is 0 Å². The molecule has 0 bridgehead atoms. The first kappa shape index (κ1) is 17.5. The third-order valence-electron chi connectivity index (χ3n) is 5.09. The normalized spacial score (nSPS) is 23.4. The van der Waals surface area contributed by atoms with Gasteiger partial charge in [-0.1, -0.05) is 24.3 Å². The molecule has 3 atom stereocenters. The summed E-state index contributed by atoms with van der Waals surface area (Å²) in [7, 11) is 0. The molecule has 1 aliphatic rings. The summed E-state index contributed by atoms with van der Waals surface area (Å²) in [5, 5.41) is 0. The van der Waals surface area contributed by atoms with Crippen molar-refractivity contribution in [2.45, 2.75) is 39.6 Å². The number of ether oxygens (including phenoxy) is 1. The minimum absolute atomic E-state index is 0.285. The van der Waals surface area contributed by atoms with E-state index in [2.05, 4.69) is 78.4 Å². The second-order valence-corrected chi connectivity index (χ2v) is 7.81. The van der Waals surface area contributed by atoms with Crippen molar-refractivity contribution in [2.75, 3.05) is 13.1 Å². The first-order valence-corrected chi connectivity index (χ1v) is 9.70. The number of nitrogens with one attached hydrogen (secondary N) is 1. The lowest BCUT2D eigenvalue weighted by atomic mass is 10.2. The number of quaternary nitrogens is 1. The highest BCUT2D eigenvalue weighted by Gasteiger charge is 2.26. The maximum Gasteiger partial charge on any atom is 0.189 e. The topological polar surface area (TPSA) is 23.5 Å². The highest BCUT2D eigenvalue weighted by atomic mass is 32.1. The summed E-state index contributed by atoms with van der Waals surface area (Å²) < 4.78 is 11.2. The highest BCUT2D eigenvalue weighted by Crippen LogP contribution is 2.22. The summed E-state index contributed by atoms with van der Waals surface area (Å²) in [6.07, 6.45) is 0.570. The average Bonchev–Trinajstić information content (AvgIpc) is 2.86. The van der Waals surface area contributed by atoms with Gasteiger partial charge < -0.3 is 9.64 Å². The van der Waals surface area contributed by atoms with Crippen molar-refractivity contribution in [3.63, 3.8) is 0 Å². The Morgan fingerprint density at radius 2 is 1.73 bits per heavy atom. The second kappa shape index (κ2) is 6.99. The van der Waals surface area contributed by atoms with Crippen LogP contribution in [-0.4, -0.2) is 34.4 Å². The van der Waals surface area contributed by atoms with Crippen LogP contribution in [-0.2, 0) is 11.4 Å². The Kier molecular flexibility index (Phi) is 4.69. The van der Waals surface area contributed by atoms with E-state index in [4.69, 9.17) is 17.0 Å². The van der Waals surface area contributed by atoms with Gasteiger partial charge in [0.15, 0.2) is 11.4 Å². The highest BCUT2D eigenvalue weighted by molar-refractivity contribution is 7.71. The molecular weight excluding hydrogens is 342 g/mol. The van der Waals surface area contributed by atoms with Gasteiger partial charge in [0.05, 0.1) is 11.0 Å². The van der Waals surface area contributed by atoms with E-state index in [0.717, 1.165) is 35.7 Å². The van der Waals surface area contributed by atoms with Crippen molar-refractivity contribution in [1.82, 2.24) is 9.13 Å². The number of imidazole rings is 1. The minimum Gasteiger partial charge on any atom is -0.364 e. The number of fused-ring (bicyclic) bond motifs is 1. The van der Waals surface area contributed by atoms with Gasteiger partial charge in [-0.25, -0.2) is 0 Å². The Morgan fingerprint density at radius 1 is 1.04 bits per heavy atom. The molecule has 1 unspecified atom stereocenters. The van der Waals surface area contributed by atoms with Gasteiger partial charge in [-0.2, -0.15) is 0 Å². The number of aryl methyl sites for hydroxylation is 1. The molecule has 26 heavy (non-hydrogen) atoms. The number of hydrogen-bond acceptors (Lipinski definition) is 2. The van der Waals surface area contributed by atoms with Crippen molar-refractivity contribution < 1.29 is 9.64 Å². The van der Waals surface area contributed by atoms with Crippen LogP contribution in [0.15, 0.2) is 48.5 Å². The van der Waals surface area contributed by atoms with Gasteiger partial charge in [-0.15, -0.1) is 0 Å². The van der Waals surface area contributed by atoms with Crippen molar-refractivity contribution in [3.05, 3.63) is 58.9 Å². The summed E-state index contributed by atoms with van der Waals surface area (Å²) in [5.74, 6) is 0. The Bertz CT molecular complexity index is 980. The quantitative estimate of drug-likeness (QED) is 0.718. The molecule has 2 heterocycles. The van der Waals surface area contributed by atoms with Crippen LogP contribution in [0, 0.1) is 11.7 Å². The molecule has 4 rings (SSSR count). The molecule has 2 aromatic carbocycles. The van der Waals surface area contributed by atoms with E-state index in [1.165, 1.54) is 16.0 Å². The molecular formula is C21H26N3OS+. The molecule has 4 nitrogen and oxygen atoms in total. The van der Waals surface area contributed by atoms with Gasteiger partial charge in [0.25, 0.3) is 0 Å². The zero-order chi connectivity index (χ0) is 18.3. The smallest absolute Gasteiger partial charge is 0.189 e. The van der Waals surface area contributed by atoms with Crippen molar-refractivity contribution in [2.24, 2.45) is 0 Å². The summed E-state index contributed by atoms with van der Waals surface area (Å²) in [5.41, 5.74) is 4.72. The fourth-order valence-electron chi connectivity index (χ4n) is 4.12. The monoisotopic (exact) mass is 368 g/mol. The average molecular weight is 369 g/mol. The van der Waals surface area contributed by atoms with E-state index in [1.54, 1.807) is 0 Å². The van der Waals surface area contributed by atoms with Crippen LogP contribution in [0.1, 0.15) is 19.4 Å². The van der Waals surface area contributed by atoms with Crippen LogP contribution in [0.4, 0.5) is 0 Å². The number of benzene rings is 2. The molecule has 0 saturated carbocycles. The van der Waals surface area contributed by atoms with Crippen molar-refractivity contribution in [3.8, 4) is 5.69 Å². The van der Waals surface area contributed by atoms with Crippen LogP contribution in [0.25, 0.3) is 16.7 Å². The van der Waals surface area contributed by atoms with Crippen LogP contribution in [0.3, 0.4) is 0 Å². The van der Waals surface area contributed by atoms with Crippen LogP contribution >= 0.6 is 12.2 Å². The molecule has 0 radical (unpaired) electrons. The van der Waals surface area contributed by atoms with Gasteiger partial charge in [-0.3, -0.25) is 9.13 Å². The number of rotatable bonds is 3. The third kappa shape index (κ3) is 3.22. The Labute approximate surface area is 159 Å². The fourth-order valence-corrected chi connectivity index (χ4v) is 4.49. The number of hydrogen-bond donors (Lipinski definition) is 1. The Hall–Kier alpha value is -1.95. The fraction of sp³-hybridized carbons (Fsp3) is 0.381. The molecule has 3 aromatic rings. The maximum atomic E-state index is 5.93. The second-order valence-electron chi connectivity index (χ2n) is 7.45. The largest absolute Gasteiger partial charge is 0.364 e. The summed E-state index contributed by atoms with van der Waals surface area (Å²) in [6, 6.07) is 17.0. The summed E-state index contributed by atoms with van der Waals surface area (Å²) in [4.78, 5) is 1.51. The number of para-hydroxylation sites is 2. The molecule has 0 aliphatic carbocycles. The molecule has 0 spiro atoms. The van der Waals surface area contributed by atoms with E-state index in [0.29, 0.717) is 0 Å². The minimum atomic E-state index is 0.285. The predicted molar refractivity (Wildman–Crippen MR) is 108 cm³/mol. The number of aromatic nitrogens is 2. The third-order valence-corrected chi connectivity index (χ3v) is 5.50. The van der Waals surface area contributed by atoms with Crippen LogP contribution < -0.4 is 4.90 Å². The van der Waals surface area contributed by atoms with Gasteiger partial charge in [0.2, 0.25) is 0 Å². The lowest BCUT2D eigenvalue weighted by Crippen LogP contribution is -3.14. The molecule has 1 aromatic heterocycles. The predicted octanol–water partition coefficient (Wildman–Crippen LogP) is 3.12. The van der Waals surface area contributed by atoms with Gasteiger partial charge in [0.1, 0.15) is 25.3 Å². The van der Waals surface area contributed by atoms with Gasteiger partial charge in [-0.05, 0) is 62.8 Å². The summed E-state index contributed by atoms with van der Waals surface area (Å²) >= 11 is 5.93. The lowest BCUT2D eigenvalue weighted by molar-refractivity contribution is -0.936. The van der Waals surface area contributed by atoms with E-state index in [9.17, 15) is 0 Å². The van der Waals surface area contributed by atoms with E-state index in [-0.39, 0.29) is 12.2 Å². The standard InChI is InChI=1S/C21H25N3OS/c1-15-7-6-8-18(11-15)24-20-10-5-4-9-19(20)23(21(24)26)14-22-12-16(2)25-17(3)13-22/h4-11,16-17H,12-14H2,1-3H3/p+1/t16-,17+. The zero-order valence-electron chi connectivity index (χ0n) is 15.6. The first-order chi connectivity index (χ1) is 12.5. The molecule has 1 saturated heterocycles. The van der Waals surface area contributed by atoms with E-state index >= 15 is 0 Å². The number of nitrogens with zero attached hydrogens (tertiary/aromatic N) is 2. The van der Waals surface area contributed by atoms with Gasteiger partial charge >= 0.3 is 0 Å². The van der Waals surface area contributed by atoms with Crippen molar-refractivity contribution >= 4 is 23.3 Å². The number of morpholine rings is 1. The first-order valence-electron chi connectivity index (χ1n) is 9.29. The summed E-state index contributed by atoms with van der Waals surface area (Å²) in [6.45, 7) is 9.32. The maximum absolute atomic E-state index is 5.93. The molecule has 0 amide bonds. The molecule has 1 fully saturated rings. The Morgan fingerprint density at radius 3 is 2.42 bits per heavy atom. The van der Waals surface area contributed by atoms with E-state index < -0.39 is 0 Å². The lowest BCUT2D eigenvalue weighted by Gasteiger charge is -2.32. The van der Waals surface area contributed by atoms with Crippen LogP contribution in [0.2, 0.25) is 0 Å².